The van der Waals surface area contributed by atoms with E-state index in [2.05, 4.69) is 15.0 Å². The Bertz CT molecular complexity index is 178. The monoisotopic (exact) mass is 137 g/mol. The molecule has 0 atom stereocenters. The van der Waals surface area contributed by atoms with Crippen LogP contribution in [0.1, 0.15) is 12.8 Å². The van der Waals surface area contributed by atoms with Gasteiger partial charge in [0.2, 0.25) is 0 Å². The summed E-state index contributed by atoms with van der Waals surface area (Å²) in [6.07, 6.45) is 3.86. The maximum absolute atomic E-state index is 4.66. The van der Waals surface area contributed by atoms with E-state index in [4.69, 9.17) is 0 Å². The Balaban J connectivity index is 2.19. The minimum absolute atomic E-state index is 1.03. The zero-order valence-corrected chi connectivity index (χ0v) is 5.59. The van der Waals surface area contributed by atoms with Crippen molar-refractivity contribution in [1.29, 1.82) is 0 Å². The number of allylic oxidation sites excluding steroid dienone is 1. The van der Waals surface area contributed by atoms with Crippen molar-refractivity contribution in [3.8, 4) is 0 Å². The van der Waals surface area contributed by atoms with Crippen LogP contribution in [0.4, 0.5) is 0 Å². The van der Waals surface area contributed by atoms with Crippen molar-refractivity contribution >= 4 is 12.6 Å². The van der Waals surface area contributed by atoms with Gasteiger partial charge < -0.3 is 0 Å². The van der Waals surface area contributed by atoms with Gasteiger partial charge in [-0.1, -0.05) is 0 Å². The number of fused-ring (bicyclic) bond motifs is 1. The van der Waals surface area contributed by atoms with E-state index in [0.29, 0.717) is 0 Å². The first-order valence-corrected chi connectivity index (χ1v) is 3.42. The summed E-state index contributed by atoms with van der Waals surface area (Å²) in [6, 6.07) is 0. The number of hydrogen-bond donors (Lipinski definition) is 1. The zero-order valence-electron chi connectivity index (χ0n) is 5.59. The molecule has 2 aliphatic rings. The van der Waals surface area contributed by atoms with Gasteiger partial charge in [0.25, 0.3) is 0 Å². The number of rotatable bonds is 0. The van der Waals surface area contributed by atoms with Gasteiger partial charge in [0.15, 0.2) is 0 Å². The van der Waals surface area contributed by atoms with Crippen LogP contribution in [-0.2, 0) is 9.69 Å². The van der Waals surface area contributed by atoms with E-state index in [-0.39, 0.29) is 0 Å². The molecule has 1 saturated heterocycles. The van der Waals surface area contributed by atoms with Crippen LogP contribution in [0.5, 0.6) is 0 Å². The fraction of sp³-hybridized carbons (Fsp3) is 0.500. The molecule has 0 unspecified atom stereocenters. The molecule has 10 heavy (non-hydrogen) atoms. The summed E-state index contributed by atoms with van der Waals surface area (Å²) in [7, 11) is 1.65. The molecule has 0 spiro atoms. The standard InChI is InChI=1S/C6H8BNO2/c1-2-5-6(8-3-1)4-9-10-7-5/h4,8H,1-3H2. The predicted molar refractivity (Wildman–Crippen MR) is 38.3 cm³/mol. The average Bonchev–Trinajstić information content (AvgIpc) is 2.05. The first-order chi connectivity index (χ1) is 4.97. The van der Waals surface area contributed by atoms with Crippen LogP contribution < -0.4 is 5.32 Å². The van der Waals surface area contributed by atoms with Crippen LogP contribution in [0.25, 0.3) is 0 Å². The second-order valence-electron chi connectivity index (χ2n) is 2.40. The maximum atomic E-state index is 4.66. The Labute approximate surface area is 59.9 Å². The van der Waals surface area contributed by atoms with Gasteiger partial charge in [-0.15, -0.1) is 0 Å². The predicted octanol–water partition coefficient (Wildman–Crippen LogP) is -0.0354. The molecule has 4 heteroatoms. The third-order valence-electron chi connectivity index (χ3n) is 1.70. The minimum atomic E-state index is 1.03. The van der Waals surface area contributed by atoms with Crippen LogP contribution in [0, 0.1) is 0 Å². The molecule has 0 bridgehead atoms. The Morgan fingerprint density at radius 3 is 3.50 bits per heavy atom. The molecule has 1 N–H and O–H groups in total. The molecule has 2 rings (SSSR count). The van der Waals surface area contributed by atoms with Crippen LogP contribution in [-0.4, -0.2) is 19.1 Å². The van der Waals surface area contributed by atoms with Crippen LogP contribution >= 0.6 is 0 Å². The molecule has 0 aliphatic carbocycles. The first-order valence-electron chi connectivity index (χ1n) is 3.42. The average molecular weight is 137 g/mol. The van der Waals surface area contributed by atoms with Crippen molar-refractivity contribution in [2.24, 2.45) is 0 Å². The summed E-state index contributed by atoms with van der Waals surface area (Å²) in [5, 5.41) is 3.21. The molecule has 0 saturated carbocycles. The third-order valence-corrected chi connectivity index (χ3v) is 1.70. The normalized spacial score (nSPS) is 21.6. The molecule has 0 amide bonds. The summed E-state index contributed by atoms with van der Waals surface area (Å²) in [4.78, 5) is 9.30. The van der Waals surface area contributed by atoms with Gasteiger partial charge >= 0.3 is 58.9 Å². The van der Waals surface area contributed by atoms with E-state index in [9.17, 15) is 0 Å². The molecule has 1 fully saturated rings. The van der Waals surface area contributed by atoms with Crippen molar-refractivity contribution in [2.75, 3.05) is 6.54 Å². The third kappa shape index (κ3) is 0.896. The van der Waals surface area contributed by atoms with Crippen LogP contribution in [0.2, 0.25) is 0 Å². The van der Waals surface area contributed by atoms with Gasteiger partial charge in [0, 0.05) is 0 Å². The van der Waals surface area contributed by atoms with Crippen molar-refractivity contribution in [3.63, 3.8) is 0 Å². The SMILES string of the molecule is B1=C2CCCNC2=COO1. The molecule has 3 nitrogen and oxygen atoms in total. The number of hydrogen-bond acceptors (Lipinski definition) is 3. The van der Waals surface area contributed by atoms with Crippen LogP contribution in [0.15, 0.2) is 12.0 Å². The number of piperidine rings is 1. The summed E-state index contributed by atoms with van der Waals surface area (Å²) in [5.74, 6) is 0. The van der Waals surface area contributed by atoms with E-state index in [1.807, 2.05) is 0 Å². The Morgan fingerprint density at radius 2 is 2.60 bits per heavy atom. The summed E-state index contributed by atoms with van der Waals surface area (Å²) in [6.45, 7) is 1.03. The van der Waals surface area contributed by atoms with Crippen molar-refractivity contribution in [2.45, 2.75) is 12.8 Å². The Morgan fingerprint density at radius 1 is 1.60 bits per heavy atom. The quantitative estimate of drug-likeness (QED) is 0.375. The van der Waals surface area contributed by atoms with Gasteiger partial charge in [0.1, 0.15) is 0 Å². The van der Waals surface area contributed by atoms with E-state index >= 15 is 0 Å². The molecule has 2 aliphatic heterocycles. The molecule has 0 aromatic carbocycles. The summed E-state index contributed by atoms with van der Waals surface area (Å²) < 4.78 is 0. The van der Waals surface area contributed by atoms with E-state index < -0.39 is 0 Å². The molecular weight excluding hydrogens is 129 g/mol. The summed E-state index contributed by atoms with van der Waals surface area (Å²) in [5.41, 5.74) is 2.27. The first kappa shape index (κ1) is 5.83. The van der Waals surface area contributed by atoms with Gasteiger partial charge in [-0.2, -0.15) is 0 Å². The molecule has 0 radical (unpaired) electrons. The van der Waals surface area contributed by atoms with Crippen LogP contribution in [0.3, 0.4) is 0 Å². The van der Waals surface area contributed by atoms with Gasteiger partial charge in [-0.05, 0) is 0 Å². The van der Waals surface area contributed by atoms with Gasteiger partial charge in [0.05, 0.1) is 0 Å². The second kappa shape index (κ2) is 2.36. The van der Waals surface area contributed by atoms with E-state index in [0.717, 1.165) is 18.7 Å². The molecule has 52 valence electrons. The summed E-state index contributed by atoms with van der Waals surface area (Å²) >= 11 is 0. The van der Waals surface area contributed by atoms with E-state index in [1.54, 1.807) is 13.4 Å². The van der Waals surface area contributed by atoms with Gasteiger partial charge in [-0.25, -0.2) is 0 Å². The number of nitrogens with one attached hydrogen (secondary N) is 1. The topological polar surface area (TPSA) is 30.5 Å². The zero-order chi connectivity index (χ0) is 6.81. The fourth-order valence-corrected chi connectivity index (χ4v) is 1.15. The van der Waals surface area contributed by atoms with Crippen molar-refractivity contribution in [3.05, 3.63) is 12.0 Å². The van der Waals surface area contributed by atoms with Gasteiger partial charge in [-0.3, -0.25) is 0 Å². The van der Waals surface area contributed by atoms with Crippen molar-refractivity contribution < 1.29 is 9.69 Å². The molecular formula is C6H8BNO2. The van der Waals surface area contributed by atoms with E-state index in [1.165, 1.54) is 11.9 Å². The molecule has 0 aromatic rings. The molecule has 0 aromatic heterocycles. The fourth-order valence-electron chi connectivity index (χ4n) is 1.15. The Kier molecular flexibility index (Phi) is 1.38. The second-order valence-corrected chi connectivity index (χ2v) is 2.40. The van der Waals surface area contributed by atoms with Crippen molar-refractivity contribution in [1.82, 2.24) is 5.32 Å². The molecule has 2 heterocycles. The Hall–Kier alpha value is -0.925.